The molecule has 2 N–H and O–H groups in total. The summed E-state index contributed by atoms with van der Waals surface area (Å²) in [6.45, 7) is 0.438. The van der Waals surface area contributed by atoms with E-state index in [1.54, 1.807) is 6.07 Å². The van der Waals surface area contributed by atoms with E-state index < -0.39 is 11.7 Å². The summed E-state index contributed by atoms with van der Waals surface area (Å²) in [7, 11) is 1.36. The minimum absolute atomic E-state index is 0.0532. The number of halogens is 3. The molecule has 0 amide bonds. The molecule has 2 atom stereocenters. The standard InChI is InChI=1S/C12H14F3NO/c1-17-8-2-3-9(10-4-7(10)6-16)11(5-8)12(13,14)15/h2-3,5,7,10H,4,6,16H2,1H3. The van der Waals surface area contributed by atoms with Gasteiger partial charge in [-0.1, -0.05) is 6.07 Å². The van der Waals surface area contributed by atoms with Crippen molar-refractivity contribution in [1.29, 1.82) is 0 Å². The molecule has 0 saturated heterocycles. The smallest absolute Gasteiger partial charge is 0.416 e. The van der Waals surface area contributed by atoms with Gasteiger partial charge >= 0.3 is 6.18 Å². The first-order valence-electron chi connectivity index (χ1n) is 5.42. The summed E-state index contributed by atoms with van der Waals surface area (Å²) in [5.74, 6) is 0.359. The molecule has 0 radical (unpaired) electrons. The minimum Gasteiger partial charge on any atom is -0.497 e. The van der Waals surface area contributed by atoms with Gasteiger partial charge in [-0.05, 0) is 42.5 Å². The predicted octanol–water partition coefficient (Wildman–Crippen LogP) is 2.78. The second-order valence-corrected chi connectivity index (χ2v) is 4.29. The van der Waals surface area contributed by atoms with Gasteiger partial charge in [0.1, 0.15) is 5.75 Å². The number of hydrogen-bond acceptors (Lipinski definition) is 2. The van der Waals surface area contributed by atoms with Crippen LogP contribution in [0.3, 0.4) is 0 Å². The zero-order chi connectivity index (χ0) is 12.6. The number of benzene rings is 1. The lowest BCUT2D eigenvalue weighted by molar-refractivity contribution is -0.138. The molecule has 1 fully saturated rings. The van der Waals surface area contributed by atoms with Crippen LogP contribution < -0.4 is 10.5 Å². The van der Waals surface area contributed by atoms with Gasteiger partial charge in [0, 0.05) is 0 Å². The van der Waals surface area contributed by atoms with Gasteiger partial charge in [0.25, 0.3) is 0 Å². The summed E-state index contributed by atoms with van der Waals surface area (Å²) in [4.78, 5) is 0. The van der Waals surface area contributed by atoms with Crippen LogP contribution in [0.2, 0.25) is 0 Å². The molecule has 1 saturated carbocycles. The molecule has 17 heavy (non-hydrogen) atoms. The van der Waals surface area contributed by atoms with E-state index in [1.165, 1.54) is 13.2 Å². The average molecular weight is 245 g/mol. The number of methoxy groups -OCH3 is 1. The first-order valence-corrected chi connectivity index (χ1v) is 5.42. The fourth-order valence-electron chi connectivity index (χ4n) is 2.12. The van der Waals surface area contributed by atoms with E-state index in [9.17, 15) is 13.2 Å². The molecule has 1 aromatic carbocycles. The highest BCUT2D eigenvalue weighted by atomic mass is 19.4. The van der Waals surface area contributed by atoms with Crippen LogP contribution in [0, 0.1) is 5.92 Å². The van der Waals surface area contributed by atoms with E-state index in [0.29, 0.717) is 12.1 Å². The quantitative estimate of drug-likeness (QED) is 0.888. The van der Waals surface area contributed by atoms with Crippen molar-refractivity contribution in [2.45, 2.75) is 18.5 Å². The van der Waals surface area contributed by atoms with Gasteiger partial charge in [0.05, 0.1) is 12.7 Å². The van der Waals surface area contributed by atoms with Crippen molar-refractivity contribution < 1.29 is 17.9 Å². The molecular formula is C12H14F3NO. The van der Waals surface area contributed by atoms with Crippen molar-refractivity contribution in [2.24, 2.45) is 11.7 Å². The van der Waals surface area contributed by atoms with Crippen molar-refractivity contribution in [3.8, 4) is 5.75 Å². The molecule has 2 nitrogen and oxygen atoms in total. The van der Waals surface area contributed by atoms with E-state index in [2.05, 4.69) is 0 Å². The molecule has 1 aromatic rings. The highest BCUT2D eigenvalue weighted by Crippen LogP contribution is 2.50. The Morgan fingerprint density at radius 2 is 2.12 bits per heavy atom. The van der Waals surface area contributed by atoms with Crippen LogP contribution in [0.15, 0.2) is 18.2 Å². The minimum atomic E-state index is -4.34. The Bertz CT molecular complexity index is 417. The first-order chi connectivity index (χ1) is 7.97. The summed E-state index contributed by atoms with van der Waals surface area (Å²) in [6.07, 6.45) is -3.60. The third-order valence-corrected chi connectivity index (χ3v) is 3.19. The van der Waals surface area contributed by atoms with Crippen molar-refractivity contribution in [1.82, 2.24) is 0 Å². The Balaban J connectivity index is 2.38. The van der Waals surface area contributed by atoms with Gasteiger partial charge in [-0.25, -0.2) is 0 Å². The summed E-state index contributed by atoms with van der Waals surface area (Å²) in [6, 6.07) is 4.12. The fourth-order valence-corrected chi connectivity index (χ4v) is 2.12. The molecular weight excluding hydrogens is 231 g/mol. The van der Waals surface area contributed by atoms with E-state index >= 15 is 0 Å². The molecule has 0 spiro atoms. The summed E-state index contributed by atoms with van der Waals surface area (Å²) < 4.78 is 43.5. The van der Waals surface area contributed by atoms with E-state index in [-0.39, 0.29) is 17.6 Å². The Kier molecular flexibility index (Phi) is 3.03. The Hall–Kier alpha value is -1.23. The zero-order valence-electron chi connectivity index (χ0n) is 9.42. The lowest BCUT2D eigenvalue weighted by Crippen LogP contribution is -2.10. The highest BCUT2D eigenvalue weighted by Gasteiger charge is 2.43. The molecule has 94 valence electrons. The molecule has 1 aliphatic carbocycles. The maximum Gasteiger partial charge on any atom is 0.416 e. The number of rotatable bonds is 3. The van der Waals surface area contributed by atoms with Crippen molar-refractivity contribution >= 4 is 0 Å². The SMILES string of the molecule is COc1ccc(C2CC2CN)c(C(F)(F)F)c1. The molecule has 0 aromatic heterocycles. The normalized spacial score (nSPS) is 23.6. The van der Waals surface area contributed by atoms with E-state index in [1.807, 2.05) is 0 Å². The van der Waals surface area contributed by atoms with Gasteiger partial charge < -0.3 is 10.5 Å². The van der Waals surface area contributed by atoms with Gasteiger partial charge in [-0.2, -0.15) is 13.2 Å². The third-order valence-electron chi connectivity index (χ3n) is 3.19. The van der Waals surface area contributed by atoms with Gasteiger partial charge in [-0.3, -0.25) is 0 Å². The molecule has 0 bridgehead atoms. The molecule has 0 heterocycles. The van der Waals surface area contributed by atoms with Gasteiger partial charge in [0.15, 0.2) is 0 Å². The van der Waals surface area contributed by atoms with Crippen molar-refractivity contribution in [2.75, 3.05) is 13.7 Å². The zero-order valence-corrected chi connectivity index (χ0v) is 9.42. The number of hydrogen-bond donors (Lipinski definition) is 1. The highest BCUT2D eigenvalue weighted by molar-refractivity contribution is 5.42. The maximum atomic E-state index is 12.9. The van der Waals surface area contributed by atoms with Crippen LogP contribution in [0.4, 0.5) is 13.2 Å². The lowest BCUT2D eigenvalue weighted by atomic mass is 10.0. The third kappa shape index (κ3) is 2.39. The summed E-state index contributed by atoms with van der Waals surface area (Å²) in [5, 5.41) is 0. The van der Waals surface area contributed by atoms with Crippen molar-refractivity contribution in [3.05, 3.63) is 29.3 Å². The molecule has 5 heteroatoms. The van der Waals surface area contributed by atoms with E-state index in [4.69, 9.17) is 10.5 Å². The van der Waals surface area contributed by atoms with Gasteiger partial charge in [0.2, 0.25) is 0 Å². The van der Waals surface area contributed by atoms with Crippen LogP contribution >= 0.6 is 0 Å². The largest absolute Gasteiger partial charge is 0.497 e. The fraction of sp³-hybridized carbons (Fsp3) is 0.500. The molecule has 1 aliphatic rings. The molecule has 0 aliphatic heterocycles. The van der Waals surface area contributed by atoms with E-state index in [0.717, 1.165) is 12.5 Å². The topological polar surface area (TPSA) is 35.2 Å². The van der Waals surface area contributed by atoms with Crippen LogP contribution in [0.1, 0.15) is 23.5 Å². The van der Waals surface area contributed by atoms with Crippen LogP contribution in [-0.2, 0) is 6.18 Å². The second-order valence-electron chi connectivity index (χ2n) is 4.29. The monoisotopic (exact) mass is 245 g/mol. The van der Waals surface area contributed by atoms with Crippen molar-refractivity contribution in [3.63, 3.8) is 0 Å². The number of alkyl halides is 3. The van der Waals surface area contributed by atoms with Gasteiger partial charge in [-0.15, -0.1) is 0 Å². The number of nitrogens with two attached hydrogens (primary N) is 1. The molecule has 2 unspecified atom stereocenters. The Morgan fingerprint density at radius 3 is 2.59 bits per heavy atom. The molecule has 2 rings (SSSR count). The number of ether oxygens (including phenoxy) is 1. The predicted molar refractivity (Wildman–Crippen MR) is 57.9 cm³/mol. The van der Waals surface area contributed by atoms with Crippen LogP contribution in [0.25, 0.3) is 0 Å². The summed E-state index contributed by atoms with van der Waals surface area (Å²) >= 11 is 0. The second kappa shape index (κ2) is 4.22. The average Bonchev–Trinajstić information content (AvgIpc) is 3.06. The lowest BCUT2D eigenvalue weighted by Gasteiger charge is -2.14. The van der Waals surface area contributed by atoms with Crippen LogP contribution in [0.5, 0.6) is 5.75 Å². The Labute approximate surface area is 97.6 Å². The van der Waals surface area contributed by atoms with Crippen LogP contribution in [-0.4, -0.2) is 13.7 Å². The Morgan fingerprint density at radius 1 is 1.41 bits per heavy atom. The summed E-state index contributed by atoms with van der Waals surface area (Å²) in [5.41, 5.74) is 5.21. The maximum absolute atomic E-state index is 12.9. The first kappa shape index (κ1) is 12.2.